The Morgan fingerprint density at radius 2 is 2.00 bits per heavy atom. The maximum absolute atomic E-state index is 11.4. The van der Waals surface area contributed by atoms with Crippen LogP contribution in [-0.2, 0) is 0 Å². The quantitative estimate of drug-likeness (QED) is 0.280. The molecule has 0 bridgehead atoms. The topological polar surface area (TPSA) is 126 Å². The van der Waals surface area contributed by atoms with Crippen LogP contribution in [0.15, 0.2) is 34.1 Å². The van der Waals surface area contributed by atoms with E-state index < -0.39 is 23.7 Å². The van der Waals surface area contributed by atoms with Gasteiger partial charge < -0.3 is 25.7 Å². The molecule has 0 aromatic carbocycles. The monoisotopic (exact) mass is 390 g/mol. The van der Waals surface area contributed by atoms with Gasteiger partial charge in [-0.05, 0) is 56.1 Å². The summed E-state index contributed by atoms with van der Waals surface area (Å²) < 4.78 is 0. The van der Waals surface area contributed by atoms with Gasteiger partial charge in [0.1, 0.15) is 17.0 Å². The first kappa shape index (κ1) is 19.6. The molecule has 0 aromatic heterocycles. The van der Waals surface area contributed by atoms with E-state index in [0.717, 1.165) is 19.3 Å². The van der Waals surface area contributed by atoms with Crippen LogP contribution < -0.4 is 0 Å². The Morgan fingerprint density at radius 1 is 1.25 bits per heavy atom. The number of hydrogen-bond acceptors (Lipinski definition) is 7. The molecule has 0 spiro atoms. The van der Waals surface area contributed by atoms with Crippen LogP contribution in [0.25, 0.3) is 0 Å². The predicted octanol–water partition coefficient (Wildman–Crippen LogP) is 2.08. The van der Waals surface area contributed by atoms with Gasteiger partial charge in [0.05, 0.1) is 12.7 Å². The van der Waals surface area contributed by atoms with Crippen LogP contribution in [0.3, 0.4) is 0 Å². The Balaban J connectivity index is 1.74. The summed E-state index contributed by atoms with van der Waals surface area (Å²) in [7, 11) is 0. The highest BCUT2D eigenvalue weighted by atomic mass is 16.4. The molecule has 7 nitrogen and oxygen atoms in total. The van der Waals surface area contributed by atoms with Crippen molar-refractivity contribution in [2.24, 2.45) is 38.9 Å². The lowest BCUT2D eigenvalue weighted by molar-refractivity contribution is -0.143. The van der Waals surface area contributed by atoms with Gasteiger partial charge in [0.15, 0.2) is 0 Å². The largest absolute Gasteiger partial charge is 0.411 e. The minimum Gasteiger partial charge on any atom is -0.411 e. The minimum atomic E-state index is -1.41. The first-order chi connectivity index (χ1) is 13.2. The summed E-state index contributed by atoms with van der Waals surface area (Å²) in [5.41, 5.74) is -0.693. The van der Waals surface area contributed by atoms with Crippen LogP contribution in [-0.4, -0.2) is 55.5 Å². The van der Waals surface area contributed by atoms with E-state index in [2.05, 4.69) is 23.3 Å². The van der Waals surface area contributed by atoms with E-state index in [9.17, 15) is 20.5 Å². The van der Waals surface area contributed by atoms with Crippen molar-refractivity contribution in [2.75, 3.05) is 6.61 Å². The van der Waals surface area contributed by atoms with Gasteiger partial charge in [-0.1, -0.05) is 35.8 Å². The van der Waals surface area contributed by atoms with Crippen molar-refractivity contribution in [1.82, 2.24) is 0 Å². The van der Waals surface area contributed by atoms with Crippen LogP contribution in [0.2, 0.25) is 0 Å². The summed E-state index contributed by atoms with van der Waals surface area (Å²) in [6, 6.07) is 0. The number of aliphatic hydroxyl groups is 3. The molecule has 4 aliphatic carbocycles. The van der Waals surface area contributed by atoms with E-state index in [-0.39, 0.29) is 28.9 Å². The Kier molecular flexibility index (Phi) is 4.48. The zero-order valence-electron chi connectivity index (χ0n) is 16.4. The van der Waals surface area contributed by atoms with E-state index in [0.29, 0.717) is 18.6 Å². The second-order valence-corrected chi connectivity index (χ2v) is 9.44. The number of fused-ring (bicyclic) bond motifs is 5. The summed E-state index contributed by atoms with van der Waals surface area (Å²) in [4.78, 5) is 0. The molecule has 0 heterocycles. The molecule has 0 amide bonds. The third kappa shape index (κ3) is 2.33. The molecule has 4 aliphatic rings. The van der Waals surface area contributed by atoms with E-state index in [1.807, 2.05) is 13.0 Å². The highest BCUT2D eigenvalue weighted by Crippen LogP contribution is 2.67. The molecule has 3 saturated carbocycles. The van der Waals surface area contributed by atoms with Crippen LogP contribution in [0.5, 0.6) is 0 Å². The molecule has 7 atom stereocenters. The SMILES string of the molecule is C[C@]12C=CC(=NO)C=C1CC[C@@H]1[C@@H]2[C@@H](O)C[C@@]2(C)[C@H]1CC[C@]2(O)/C(CO)=N/O. The minimum absolute atomic E-state index is 0.00730. The third-order valence-corrected chi connectivity index (χ3v) is 8.52. The van der Waals surface area contributed by atoms with Crippen molar-refractivity contribution in [3.63, 3.8) is 0 Å². The van der Waals surface area contributed by atoms with Gasteiger partial charge in [-0.2, -0.15) is 0 Å². The lowest BCUT2D eigenvalue weighted by atomic mass is 9.46. The summed E-state index contributed by atoms with van der Waals surface area (Å²) in [5.74, 6) is 0.378. The smallest absolute Gasteiger partial charge is 0.114 e. The fraction of sp³-hybridized carbons (Fsp3) is 0.714. The highest BCUT2D eigenvalue weighted by Gasteiger charge is 2.67. The van der Waals surface area contributed by atoms with Crippen molar-refractivity contribution in [2.45, 2.75) is 57.7 Å². The Morgan fingerprint density at radius 3 is 2.64 bits per heavy atom. The van der Waals surface area contributed by atoms with Crippen molar-refractivity contribution >= 4 is 11.4 Å². The van der Waals surface area contributed by atoms with Crippen LogP contribution >= 0.6 is 0 Å². The molecule has 7 heteroatoms. The zero-order valence-corrected chi connectivity index (χ0v) is 16.4. The number of oxime groups is 2. The second kappa shape index (κ2) is 6.40. The second-order valence-electron chi connectivity index (χ2n) is 9.44. The van der Waals surface area contributed by atoms with Gasteiger partial charge in [-0.3, -0.25) is 0 Å². The summed E-state index contributed by atoms with van der Waals surface area (Å²) >= 11 is 0. The molecule has 28 heavy (non-hydrogen) atoms. The predicted molar refractivity (Wildman–Crippen MR) is 103 cm³/mol. The molecule has 154 valence electrons. The van der Waals surface area contributed by atoms with E-state index in [1.54, 1.807) is 6.08 Å². The van der Waals surface area contributed by atoms with Crippen LogP contribution in [0.4, 0.5) is 0 Å². The number of hydrogen-bond donors (Lipinski definition) is 5. The highest BCUT2D eigenvalue weighted by molar-refractivity contribution is 6.05. The molecular weight excluding hydrogens is 360 g/mol. The van der Waals surface area contributed by atoms with Crippen LogP contribution in [0, 0.1) is 28.6 Å². The number of rotatable bonds is 2. The lowest BCUT2D eigenvalue weighted by Crippen LogP contribution is -2.61. The Hall–Kier alpha value is -1.70. The fourth-order valence-corrected chi connectivity index (χ4v) is 7.12. The van der Waals surface area contributed by atoms with Gasteiger partial charge in [0.25, 0.3) is 0 Å². The van der Waals surface area contributed by atoms with Gasteiger partial charge in [0, 0.05) is 16.7 Å². The van der Waals surface area contributed by atoms with E-state index in [1.165, 1.54) is 5.57 Å². The maximum Gasteiger partial charge on any atom is 0.114 e. The first-order valence-electron chi connectivity index (χ1n) is 10.1. The molecule has 4 rings (SSSR count). The van der Waals surface area contributed by atoms with Crippen molar-refractivity contribution < 1.29 is 25.7 Å². The van der Waals surface area contributed by atoms with Crippen molar-refractivity contribution in [3.8, 4) is 0 Å². The number of nitrogens with zero attached hydrogens (tertiary/aromatic N) is 2. The molecule has 0 radical (unpaired) electrons. The van der Waals surface area contributed by atoms with Gasteiger partial charge >= 0.3 is 0 Å². The van der Waals surface area contributed by atoms with Gasteiger partial charge in [-0.15, -0.1) is 0 Å². The molecule has 0 aromatic rings. The number of allylic oxidation sites excluding steroid dienone is 4. The average molecular weight is 390 g/mol. The normalized spacial score (nSPS) is 49.4. The van der Waals surface area contributed by atoms with E-state index >= 15 is 0 Å². The molecular formula is C21H30N2O5. The van der Waals surface area contributed by atoms with E-state index in [4.69, 9.17) is 5.21 Å². The van der Waals surface area contributed by atoms with Crippen LogP contribution in [0.1, 0.15) is 46.0 Å². The average Bonchev–Trinajstić information content (AvgIpc) is 2.93. The number of aliphatic hydroxyl groups excluding tert-OH is 2. The van der Waals surface area contributed by atoms with Gasteiger partial charge in [0.2, 0.25) is 0 Å². The summed E-state index contributed by atoms with van der Waals surface area (Å²) in [6.07, 6.45) is 8.44. The molecule has 0 aliphatic heterocycles. The summed E-state index contributed by atoms with van der Waals surface area (Å²) in [5, 5.41) is 57.4. The Labute approximate surface area is 164 Å². The summed E-state index contributed by atoms with van der Waals surface area (Å²) in [6.45, 7) is 3.60. The van der Waals surface area contributed by atoms with Gasteiger partial charge in [-0.25, -0.2) is 0 Å². The molecule has 3 fully saturated rings. The molecule has 5 N–H and O–H groups in total. The molecule has 0 saturated heterocycles. The Bertz CT molecular complexity index is 790. The third-order valence-electron chi connectivity index (χ3n) is 8.52. The molecule has 0 unspecified atom stereocenters. The lowest BCUT2D eigenvalue weighted by Gasteiger charge is -2.59. The van der Waals surface area contributed by atoms with Crippen molar-refractivity contribution in [3.05, 3.63) is 23.8 Å². The first-order valence-corrected chi connectivity index (χ1v) is 10.1. The van der Waals surface area contributed by atoms with Crippen molar-refractivity contribution in [1.29, 1.82) is 0 Å². The fourth-order valence-electron chi connectivity index (χ4n) is 7.12. The maximum atomic E-state index is 11.4. The standard InChI is InChI=1S/C21H30N2O5/c1-19-7-5-13(22-27)9-12(19)3-4-14-15-6-8-21(26,17(11-24)23-28)20(15,2)10-16(25)18(14)19/h5,7,9,14-16,18,24-28H,3-4,6,8,10-11H2,1-2H3/b22-13?,23-17+/t14-,15-,16-,18+,19-,20-,21-/m0/s1. The zero-order chi connectivity index (χ0) is 20.3.